The number of nitrogens with one attached hydrogen (secondary N) is 1. The van der Waals surface area contributed by atoms with Crippen LogP contribution in [-0.2, 0) is 21.2 Å². The molecule has 1 unspecified atom stereocenters. The van der Waals surface area contributed by atoms with E-state index in [-0.39, 0.29) is 12.3 Å². The third-order valence-electron chi connectivity index (χ3n) is 5.62. The quantitative estimate of drug-likeness (QED) is 0.576. The van der Waals surface area contributed by atoms with Crippen LogP contribution in [0.25, 0.3) is 0 Å². The largest absolute Gasteiger partial charge is 0.368 e. The number of nitrogens with zero attached hydrogens (tertiary/aromatic N) is 3. The van der Waals surface area contributed by atoms with Crippen molar-refractivity contribution < 1.29 is 17.6 Å². The van der Waals surface area contributed by atoms with Crippen molar-refractivity contribution in [3.05, 3.63) is 90.5 Å². The standard InChI is InChI=1S/C24H25FN4O3S/c25-21-8-4-5-9-23(21)33(31,32)27-22(18-19-6-2-1-3-7-19)24(30)29-16-14-28(15-17-29)20-10-12-26-13-11-20/h1-13,22,27H,14-18H2. The summed E-state index contributed by atoms with van der Waals surface area (Å²) < 4.78 is 42.5. The Hall–Kier alpha value is -3.30. The first-order chi connectivity index (χ1) is 15.9. The van der Waals surface area contributed by atoms with E-state index < -0.39 is 26.8 Å². The molecule has 1 aliphatic rings. The highest BCUT2D eigenvalue weighted by Crippen LogP contribution is 2.18. The van der Waals surface area contributed by atoms with Crippen LogP contribution >= 0.6 is 0 Å². The Balaban J connectivity index is 1.52. The topological polar surface area (TPSA) is 82.6 Å². The van der Waals surface area contributed by atoms with Crippen LogP contribution in [0.4, 0.5) is 10.1 Å². The highest BCUT2D eigenvalue weighted by molar-refractivity contribution is 7.89. The van der Waals surface area contributed by atoms with Gasteiger partial charge in [-0.3, -0.25) is 9.78 Å². The van der Waals surface area contributed by atoms with Crippen LogP contribution in [0.2, 0.25) is 0 Å². The smallest absolute Gasteiger partial charge is 0.244 e. The summed E-state index contributed by atoms with van der Waals surface area (Å²) in [5.41, 5.74) is 1.83. The third kappa shape index (κ3) is 5.55. The van der Waals surface area contributed by atoms with Gasteiger partial charge in [0.1, 0.15) is 16.8 Å². The van der Waals surface area contributed by atoms with Crippen molar-refractivity contribution in [3.63, 3.8) is 0 Å². The molecule has 1 saturated heterocycles. The van der Waals surface area contributed by atoms with E-state index in [9.17, 15) is 17.6 Å². The first-order valence-electron chi connectivity index (χ1n) is 10.7. The van der Waals surface area contributed by atoms with Gasteiger partial charge in [0.05, 0.1) is 0 Å². The van der Waals surface area contributed by atoms with Gasteiger partial charge in [-0.05, 0) is 36.2 Å². The lowest BCUT2D eigenvalue weighted by molar-refractivity contribution is -0.133. The van der Waals surface area contributed by atoms with Crippen LogP contribution in [0.3, 0.4) is 0 Å². The Kier molecular flexibility index (Phi) is 7.00. The van der Waals surface area contributed by atoms with Crippen LogP contribution in [0, 0.1) is 5.82 Å². The normalized spacial score (nSPS) is 15.3. The molecule has 9 heteroatoms. The van der Waals surface area contributed by atoms with Crippen molar-refractivity contribution in [2.24, 2.45) is 0 Å². The van der Waals surface area contributed by atoms with Crippen molar-refractivity contribution in [2.45, 2.75) is 17.4 Å². The van der Waals surface area contributed by atoms with Gasteiger partial charge in [-0.15, -0.1) is 0 Å². The predicted molar refractivity (Wildman–Crippen MR) is 124 cm³/mol. The lowest BCUT2D eigenvalue weighted by Crippen LogP contribution is -2.55. The third-order valence-corrected chi connectivity index (χ3v) is 7.13. The average molecular weight is 469 g/mol. The van der Waals surface area contributed by atoms with Crippen LogP contribution < -0.4 is 9.62 Å². The number of amides is 1. The number of piperazine rings is 1. The minimum atomic E-state index is -4.24. The zero-order chi connectivity index (χ0) is 23.3. The molecule has 0 radical (unpaired) electrons. The van der Waals surface area contributed by atoms with Crippen LogP contribution in [0.5, 0.6) is 0 Å². The molecule has 1 amide bonds. The number of hydrogen-bond donors (Lipinski definition) is 1. The molecule has 3 aromatic rings. The van der Waals surface area contributed by atoms with Gasteiger partial charge in [-0.1, -0.05) is 42.5 Å². The number of carbonyl (C=O) groups is 1. The summed E-state index contributed by atoms with van der Waals surface area (Å²) in [5.74, 6) is -1.19. The van der Waals surface area contributed by atoms with Crippen LogP contribution in [0.15, 0.2) is 84.0 Å². The maximum absolute atomic E-state index is 14.2. The fourth-order valence-corrected chi connectivity index (χ4v) is 5.17. The summed E-state index contributed by atoms with van der Waals surface area (Å²) >= 11 is 0. The van der Waals surface area contributed by atoms with E-state index in [1.165, 1.54) is 18.2 Å². The van der Waals surface area contributed by atoms with Gasteiger partial charge in [0.15, 0.2) is 0 Å². The zero-order valence-corrected chi connectivity index (χ0v) is 18.8. The average Bonchev–Trinajstić information content (AvgIpc) is 2.84. The summed E-state index contributed by atoms with van der Waals surface area (Å²) in [6.07, 6.45) is 3.61. The molecule has 1 fully saturated rings. The number of sulfonamides is 1. The molecule has 0 saturated carbocycles. The molecule has 0 spiro atoms. The number of aromatic nitrogens is 1. The molecule has 2 heterocycles. The first-order valence-corrected chi connectivity index (χ1v) is 12.2. The molecule has 1 aliphatic heterocycles. The molecule has 172 valence electrons. The molecule has 1 N–H and O–H groups in total. The predicted octanol–water partition coefficient (Wildman–Crippen LogP) is 2.46. The maximum Gasteiger partial charge on any atom is 0.244 e. The van der Waals surface area contributed by atoms with E-state index >= 15 is 0 Å². The van der Waals surface area contributed by atoms with E-state index in [0.717, 1.165) is 17.3 Å². The number of carbonyl (C=O) groups excluding carboxylic acids is 1. The fourth-order valence-electron chi connectivity index (χ4n) is 3.90. The molecule has 0 bridgehead atoms. The van der Waals surface area contributed by atoms with Crippen molar-refractivity contribution in [1.82, 2.24) is 14.6 Å². The lowest BCUT2D eigenvalue weighted by Gasteiger charge is -2.37. The van der Waals surface area contributed by atoms with Gasteiger partial charge in [0, 0.05) is 44.3 Å². The van der Waals surface area contributed by atoms with Crippen molar-refractivity contribution >= 4 is 21.6 Å². The van der Waals surface area contributed by atoms with Crippen LogP contribution in [-0.4, -0.2) is 56.4 Å². The molecule has 1 atom stereocenters. The highest BCUT2D eigenvalue weighted by atomic mass is 32.2. The Morgan fingerprint density at radius 1 is 0.939 bits per heavy atom. The minimum Gasteiger partial charge on any atom is -0.368 e. The first kappa shape index (κ1) is 22.9. The number of halogens is 1. The zero-order valence-electron chi connectivity index (χ0n) is 18.0. The molecule has 33 heavy (non-hydrogen) atoms. The molecular formula is C24H25FN4O3S. The number of rotatable bonds is 7. The maximum atomic E-state index is 14.2. The van der Waals surface area contributed by atoms with E-state index in [1.807, 2.05) is 42.5 Å². The van der Waals surface area contributed by atoms with Crippen molar-refractivity contribution in [3.8, 4) is 0 Å². The van der Waals surface area contributed by atoms with Crippen molar-refractivity contribution in [2.75, 3.05) is 31.1 Å². The monoisotopic (exact) mass is 468 g/mol. The van der Waals surface area contributed by atoms with E-state index in [4.69, 9.17) is 0 Å². The fraction of sp³-hybridized carbons (Fsp3) is 0.250. The Labute approximate surface area is 192 Å². The molecule has 7 nitrogen and oxygen atoms in total. The highest BCUT2D eigenvalue weighted by Gasteiger charge is 2.32. The van der Waals surface area contributed by atoms with Gasteiger partial charge >= 0.3 is 0 Å². The number of hydrogen-bond acceptors (Lipinski definition) is 5. The Bertz CT molecular complexity index is 1180. The number of anilines is 1. The molecule has 2 aromatic carbocycles. The Morgan fingerprint density at radius 3 is 2.24 bits per heavy atom. The second-order valence-electron chi connectivity index (χ2n) is 7.81. The minimum absolute atomic E-state index is 0.165. The molecular weight excluding hydrogens is 443 g/mol. The lowest BCUT2D eigenvalue weighted by atomic mass is 10.1. The van der Waals surface area contributed by atoms with Gasteiger partial charge in [0.25, 0.3) is 0 Å². The van der Waals surface area contributed by atoms with Crippen LogP contribution in [0.1, 0.15) is 5.56 Å². The summed E-state index contributed by atoms with van der Waals surface area (Å²) in [7, 11) is -4.24. The Morgan fingerprint density at radius 2 is 1.58 bits per heavy atom. The number of pyridine rings is 1. The van der Waals surface area contributed by atoms with Gasteiger partial charge in [-0.2, -0.15) is 4.72 Å². The second-order valence-corrected chi connectivity index (χ2v) is 9.49. The molecule has 0 aliphatic carbocycles. The van der Waals surface area contributed by atoms with Gasteiger partial charge in [-0.25, -0.2) is 12.8 Å². The number of benzene rings is 2. The molecule has 1 aromatic heterocycles. The summed E-state index contributed by atoms with van der Waals surface area (Å²) in [6, 6.07) is 17.1. The van der Waals surface area contributed by atoms with E-state index in [2.05, 4.69) is 14.6 Å². The summed E-state index contributed by atoms with van der Waals surface area (Å²) in [6.45, 7) is 2.14. The van der Waals surface area contributed by atoms with Crippen molar-refractivity contribution in [1.29, 1.82) is 0 Å². The van der Waals surface area contributed by atoms with E-state index in [1.54, 1.807) is 17.3 Å². The van der Waals surface area contributed by atoms with Gasteiger partial charge < -0.3 is 9.80 Å². The summed E-state index contributed by atoms with van der Waals surface area (Å²) in [4.78, 5) is 20.8. The SMILES string of the molecule is O=C(C(Cc1ccccc1)NS(=O)(=O)c1ccccc1F)N1CCN(c2ccncc2)CC1. The molecule has 4 rings (SSSR count). The van der Waals surface area contributed by atoms with Gasteiger partial charge in [0.2, 0.25) is 15.9 Å². The summed E-state index contributed by atoms with van der Waals surface area (Å²) in [5, 5.41) is 0. The second kappa shape index (κ2) is 10.1. The van der Waals surface area contributed by atoms with E-state index in [0.29, 0.717) is 26.2 Å².